The Kier molecular flexibility index (Phi) is 3.75. The van der Waals surface area contributed by atoms with Crippen LogP contribution in [-0.2, 0) is 5.75 Å². The maximum absolute atomic E-state index is 5.90. The number of nitrogen functional groups attached to an aromatic ring is 1. The minimum Gasteiger partial charge on any atom is -0.398 e. The van der Waals surface area contributed by atoms with Crippen molar-refractivity contribution in [2.45, 2.75) is 24.5 Å². The summed E-state index contributed by atoms with van der Waals surface area (Å²) in [6.45, 7) is 4.19. The van der Waals surface area contributed by atoms with Crippen LogP contribution in [0.4, 0.5) is 5.69 Å². The van der Waals surface area contributed by atoms with Crippen molar-refractivity contribution in [3.63, 3.8) is 0 Å². The van der Waals surface area contributed by atoms with Crippen LogP contribution in [0.25, 0.3) is 0 Å². The van der Waals surface area contributed by atoms with Crippen molar-refractivity contribution in [2.75, 3.05) is 5.73 Å². The van der Waals surface area contributed by atoms with Crippen LogP contribution in [0.3, 0.4) is 0 Å². The minimum atomic E-state index is 0.874. The number of aryl methyl sites for hydroxylation is 1. The van der Waals surface area contributed by atoms with Crippen LogP contribution < -0.4 is 5.73 Å². The molecule has 0 amide bonds. The van der Waals surface area contributed by atoms with Crippen LogP contribution >= 0.6 is 11.8 Å². The van der Waals surface area contributed by atoms with Crippen molar-refractivity contribution in [3.8, 4) is 0 Å². The standard InChI is InChI=1S/C15H17NS/c1-11-6-8-13(9-7-11)10-17-15-5-3-4-14(16)12(15)2/h3-9H,10,16H2,1-2H3. The first-order valence-corrected chi connectivity index (χ1v) is 6.69. The predicted octanol–water partition coefficient (Wildman–Crippen LogP) is 4.18. The summed E-state index contributed by atoms with van der Waals surface area (Å²) in [5, 5.41) is 0. The van der Waals surface area contributed by atoms with Crippen molar-refractivity contribution >= 4 is 17.4 Å². The number of nitrogens with two attached hydrogens (primary N) is 1. The van der Waals surface area contributed by atoms with Gasteiger partial charge in [-0.1, -0.05) is 35.9 Å². The molecule has 2 aromatic carbocycles. The quantitative estimate of drug-likeness (QED) is 0.646. The lowest BCUT2D eigenvalue weighted by Gasteiger charge is -2.08. The molecule has 2 N–H and O–H groups in total. The molecule has 2 heteroatoms. The lowest BCUT2D eigenvalue weighted by Crippen LogP contribution is -1.91. The summed E-state index contributed by atoms with van der Waals surface area (Å²) in [6.07, 6.45) is 0. The number of anilines is 1. The highest BCUT2D eigenvalue weighted by atomic mass is 32.2. The average molecular weight is 243 g/mol. The molecule has 0 spiro atoms. The summed E-state index contributed by atoms with van der Waals surface area (Å²) in [4.78, 5) is 1.27. The van der Waals surface area contributed by atoms with Crippen molar-refractivity contribution < 1.29 is 0 Å². The van der Waals surface area contributed by atoms with Crippen molar-refractivity contribution in [1.82, 2.24) is 0 Å². The van der Waals surface area contributed by atoms with Crippen molar-refractivity contribution in [1.29, 1.82) is 0 Å². The third kappa shape index (κ3) is 3.04. The average Bonchev–Trinajstić information content (AvgIpc) is 2.33. The summed E-state index contributed by atoms with van der Waals surface area (Å²) < 4.78 is 0. The molecule has 0 heterocycles. The van der Waals surface area contributed by atoms with Crippen molar-refractivity contribution in [2.24, 2.45) is 0 Å². The SMILES string of the molecule is Cc1ccc(CSc2cccc(N)c2C)cc1. The first-order valence-electron chi connectivity index (χ1n) is 5.70. The van der Waals surface area contributed by atoms with Gasteiger partial charge in [-0.25, -0.2) is 0 Å². The van der Waals surface area contributed by atoms with Gasteiger partial charge in [0, 0.05) is 16.3 Å². The molecule has 0 atom stereocenters. The molecule has 0 radical (unpaired) electrons. The second-order valence-corrected chi connectivity index (χ2v) is 5.26. The van der Waals surface area contributed by atoms with E-state index in [1.807, 2.05) is 23.9 Å². The number of rotatable bonds is 3. The van der Waals surface area contributed by atoms with E-state index in [0.29, 0.717) is 0 Å². The second-order valence-electron chi connectivity index (χ2n) is 4.24. The third-order valence-corrected chi connectivity index (χ3v) is 4.07. The zero-order chi connectivity index (χ0) is 12.3. The van der Waals surface area contributed by atoms with Gasteiger partial charge in [0.2, 0.25) is 0 Å². The highest BCUT2D eigenvalue weighted by Gasteiger charge is 2.02. The van der Waals surface area contributed by atoms with Gasteiger partial charge in [-0.15, -0.1) is 11.8 Å². The Bertz CT molecular complexity index is 503. The fourth-order valence-electron chi connectivity index (χ4n) is 1.63. The molecule has 1 nitrogen and oxygen atoms in total. The first-order chi connectivity index (χ1) is 8.16. The van der Waals surface area contributed by atoms with Gasteiger partial charge in [-0.2, -0.15) is 0 Å². The van der Waals surface area contributed by atoms with E-state index in [-0.39, 0.29) is 0 Å². The Morgan fingerprint density at radius 3 is 2.41 bits per heavy atom. The van der Waals surface area contributed by atoms with Gasteiger partial charge in [0.15, 0.2) is 0 Å². The monoisotopic (exact) mass is 243 g/mol. The van der Waals surface area contributed by atoms with E-state index < -0.39 is 0 Å². The van der Waals surface area contributed by atoms with Gasteiger partial charge in [-0.05, 0) is 37.1 Å². The summed E-state index contributed by atoms with van der Waals surface area (Å²) in [5.41, 5.74) is 10.6. The largest absolute Gasteiger partial charge is 0.398 e. The summed E-state index contributed by atoms with van der Waals surface area (Å²) in [7, 11) is 0. The minimum absolute atomic E-state index is 0.874. The lowest BCUT2D eigenvalue weighted by molar-refractivity contribution is 1.29. The molecule has 0 aliphatic rings. The molecular weight excluding hydrogens is 226 g/mol. The highest BCUT2D eigenvalue weighted by molar-refractivity contribution is 7.98. The van der Waals surface area contributed by atoms with Gasteiger partial charge < -0.3 is 5.73 Å². The van der Waals surface area contributed by atoms with E-state index in [2.05, 4.69) is 44.2 Å². The lowest BCUT2D eigenvalue weighted by atomic mass is 10.2. The molecule has 0 saturated carbocycles. The summed E-state index contributed by atoms with van der Waals surface area (Å²) in [6, 6.07) is 14.8. The van der Waals surface area contributed by atoms with Crippen LogP contribution in [0.5, 0.6) is 0 Å². The maximum Gasteiger partial charge on any atom is 0.0354 e. The highest BCUT2D eigenvalue weighted by Crippen LogP contribution is 2.28. The van der Waals surface area contributed by atoms with E-state index >= 15 is 0 Å². The fourth-order valence-corrected chi connectivity index (χ4v) is 2.66. The molecule has 0 unspecified atom stereocenters. The Labute approximate surface area is 107 Å². The van der Waals surface area contributed by atoms with Gasteiger partial charge in [-0.3, -0.25) is 0 Å². The summed E-state index contributed by atoms with van der Waals surface area (Å²) >= 11 is 1.84. The van der Waals surface area contributed by atoms with E-state index in [4.69, 9.17) is 5.73 Å². The molecule has 2 rings (SSSR count). The third-order valence-electron chi connectivity index (χ3n) is 2.84. The van der Waals surface area contributed by atoms with E-state index in [1.54, 1.807) is 0 Å². The topological polar surface area (TPSA) is 26.0 Å². The van der Waals surface area contributed by atoms with Crippen LogP contribution in [0, 0.1) is 13.8 Å². The second kappa shape index (κ2) is 5.28. The molecule has 0 bridgehead atoms. The molecule has 0 aliphatic carbocycles. The van der Waals surface area contributed by atoms with Crippen LogP contribution in [0.1, 0.15) is 16.7 Å². The Morgan fingerprint density at radius 2 is 1.71 bits per heavy atom. The fraction of sp³-hybridized carbons (Fsp3) is 0.200. The van der Waals surface area contributed by atoms with E-state index in [9.17, 15) is 0 Å². The van der Waals surface area contributed by atoms with Crippen LogP contribution in [0.2, 0.25) is 0 Å². The van der Waals surface area contributed by atoms with Crippen LogP contribution in [0.15, 0.2) is 47.4 Å². The zero-order valence-electron chi connectivity index (χ0n) is 10.2. The molecule has 0 fully saturated rings. The molecule has 0 saturated heterocycles. The molecule has 17 heavy (non-hydrogen) atoms. The number of benzene rings is 2. The van der Waals surface area contributed by atoms with Crippen molar-refractivity contribution in [3.05, 3.63) is 59.2 Å². The zero-order valence-corrected chi connectivity index (χ0v) is 11.1. The Balaban J connectivity index is 2.07. The first kappa shape index (κ1) is 12.1. The number of hydrogen-bond acceptors (Lipinski definition) is 2. The Morgan fingerprint density at radius 1 is 1.00 bits per heavy atom. The molecular formula is C15H17NS. The Hall–Kier alpha value is -1.41. The normalized spacial score (nSPS) is 10.5. The van der Waals surface area contributed by atoms with Crippen LogP contribution in [-0.4, -0.2) is 0 Å². The van der Waals surface area contributed by atoms with E-state index in [1.165, 1.54) is 21.6 Å². The number of thioether (sulfide) groups is 1. The molecule has 0 aromatic heterocycles. The molecule has 0 aliphatic heterocycles. The summed E-state index contributed by atoms with van der Waals surface area (Å²) in [5.74, 6) is 0.991. The van der Waals surface area contributed by atoms with E-state index in [0.717, 1.165) is 11.4 Å². The smallest absolute Gasteiger partial charge is 0.0354 e. The number of hydrogen-bond donors (Lipinski definition) is 1. The molecule has 2 aromatic rings. The van der Waals surface area contributed by atoms with Gasteiger partial charge in [0.25, 0.3) is 0 Å². The molecule has 88 valence electrons. The van der Waals surface area contributed by atoms with Gasteiger partial charge in [0.1, 0.15) is 0 Å². The predicted molar refractivity (Wildman–Crippen MR) is 76.3 cm³/mol. The van der Waals surface area contributed by atoms with Gasteiger partial charge in [0.05, 0.1) is 0 Å². The van der Waals surface area contributed by atoms with Gasteiger partial charge >= 0.3 is 0 Å². The maximum atomic E-state index is 5.90.